The van der Waals surface area contributed by atoms with E-state index in [0.29, 0.717) is 23.4 Å². The van der Waals surface area contributed by atoms with E-state index in [0.717, 1.165) is 29.6 Å². The van der Waals surface area contributed by atoms with Gasteiger partial charge in [0, 0.05) is 28.9 Å². The number of carbonyl (C=O) groups is 1. The van der Waals surface area contributed by atoms with Crippen molar-refractivity contribution in [1.82, 2.24) is 4.90 Å². The van der Waals surface area contributed by atoms with Crippen LogP contribution in [-0.4, -0.2) is 42.3 Å². The number of ether oxygens (including phenoxy) is 2. The zero-order chi connectivity index (χ0) is 19.0. The minimum Gasteiger partial charge on any atom is -0.504 e. The molecule has 2 N–H and O–H groups in total. The van der Waals surface area contributed by atoms with Crippen molar-refractivity contribution in [2.45, 2.75) is 25.1 Å². The third kappa shape index (κ3) is 3.37. The van der Waals surface area contributed by atoms with E-state index in [-0.39, 0.29) is 17.8 Å². The monoisotopic (exact) mass is 432 g/mol. The van der Waals surface area contributed by atoms with Crippen molar-refractivity contribution in [3.63, 3.8) is 0 Å². The zero-order valence-corrected chi connectivity index (χ0v) is 16.5. The first-order chi connectivity index (χ1) is 13.1. The highest BCUT2D eigenvalue weighted by molar-refractivity contribution is 9.10. The highest BCUT2D eigenvalue weighted by Crippen LogP contribution is 2.42. The van der Waals surface area contributed by atoms with Crippen LogP contribution >= 0.6 is 15.9 Å². The smallest absolute Gasteiger partial charge is 0.257 e. The minimum atomic E-state index is -0.525. The van der Waals surface area contributed by atoms with E-state index in [9.17, 15) is 9.90 Å². The number of carbonyl (C=O) groups excluding carboxylic acids is 1. The lowest BCUT2D eigenvalue weighted by atomic mass is 10.0. The first kappa shape index (κ1) is 18.1. The van der Waals surface area contributed by atoms with Gasteiger partial charge in [-0.2, -0.15) is 0 Å². The molecule has 1 amide bonds. The van der Waals surface area contributed by atoms with Gasteiger partial charge < -0.3 is 24.8 Å². The minimum absolute atomic E-state index is 0.000274. The fraction of sp³-hybridized carbons (Fsp3) is 0.350. The van der Waals surface area contributed by atoms with Crippen LogP contribution in [0.4, 0.5) is 5.69 Å². The molecule has 0 radical (unpaired) electrons. The molecule has 142 valence electrons. The van der Waals surface area contributed by atoms with E-state index >= 15 is 0 Å². The average Bonchev–Trinajstić information content (AvgIpc) is 3.19. The van der Waals surface area contributed by atoms with E-state index in [1.54, 1.807) is 17.0 Å². The lowest BCUT2D eigenvalue weighted by molar-refractivity contribution is 0.0424. The largest absolute Gasteiger partial charge is 0.504 e. The molecule has 2 aromatic rings. The number of nitrogens with zero attached hydrogens (tertiary/aromatic N) is 1. The van der Waals surface area contributed by atoms with Gasteiger partial charge in [-0.3, -0.25) is 4.79 Å². The van der Waals surface area contributed by atoms with Crippen LogP contribution < -0.4 is 10.1 Å². The van der Waals surface area contributed by atoms with Gasteiger partial charge in [0.25, 0.3) is 5.91 Å². The molecule has 2 atom stereocenters. The summed E-state index contributed by atoms with van der Waals surface area (Å²) in [6.45, 7) is 1.18. The normalized spacial score (nSPS) is 21.7. The van der Waals surface area contributed by atoms with Crippen LogP contribution in [0.3, 0.4) is 0 Å². The highest BCUT2D eigenvalue weighted by Gasteiger charge is 2.37. The number of para-hydroxylation sites is 1. The van der Waals surface area contributed by atoms with Crippen LogP contribution in [-0.2, 0) is 4.74 Å². The van der Waals surface area contributed by atoms with Crippen LogP contribution in [0, 0.1) is 0 Å². The number of halogens is 1. The Kier molecular flexibility index (Phi) is 4.97. The summed E-state index contributed by atoms with van der Waals surface area (Å²) in [5.41, 5.74) is 1.93. The number of nitrogens with one attached hydrogen (secondary N) is 1. The zero-order valence-electron chi connectivity index (χ0n) is 14.9. The number of methoxy groups -OCH3 is 1. The fourth-order valence-electron chi connectivity index (χ4n) is 3.69. The maximum Gasteiger partial charge on any atom is 0.257 e. The molecule has 0 aliphatic carbocycles. The molecule has 0 aromatic heterocycles. The van der Waals surface area contributed by atoms with Crippen molar-refractivity contribution in [3.8, 4) is 11.5 Å². The number of hydrogen-bond donors (Lipinski definition) is 2. The number of amides is 1. The van der Waals surface area contributed by atoms with Crippen molar-refractivity contribution in [3.05, 3.63) is 52.0 Å². The van der Waals surface area contributed by atoms with Crippen LogP contribution in [0.2, 0.25) is 0 Å². The number of rotatable bonds is 4. The van der Waals surface area contributed by atoms with Crippen LogP contribution in [0.15, 0.2) is 40.9 Å². The van der Waals surface area contributed by atoms with Gasteiger partial charge in [-0.05, 0) is 37.1 Å². The molecule has 0 spiro atoms. The Morgan fingerprint density at radius 1 is 1.37 bits per heavy atom. The van der Waals surface area contributed by atoms with Gasteiger partial charge in [0.2, 0.25) is 0 Å². The Morgan fingerprint density at radius 2 is 2.19 bits per heavy atom. The Balaban J connectivity index is 1.78. The lowest BCUT2D eigenvalue weighted by Crippen LogP contribution is -2.46. The summed E-state index contributed by atoms with van der Waals surface area (Å²) < 4.78 is 11.8. The molecule has 2 aliphatic rings. The van der Waals surface area contributed by atoms with Gasteiger partial charge in [-0.25, -0.2) is 0 Å². The van der Waals surface area contributed by atoms with Crippen LogP contribution in [0.25, 0.3) is 0 Å². The summed E-state index contributed by atoms with van der Waals surface area (Å²) in [4.78, 5) is 15.0. The molecule has 1 saturated heterocycles. The molecule has 1 fully saturated rings. The topological polar surface area (TPSA) is 71.0 Å². The van der Waals surface area contributed by atoms with Crippen molar-refractivity contribution in [2.24, 2.45) is 0 Å². The SMILES string of the molecule is COc1cc(Br)cc(C2Nc3ccccc3C(=O)N2CC2CCCO2)c1O. The van der Waals surface area contributed by atoms with Crippen LogP contribution in [0.5, 0.6) is 11.5 Å². The number of phenolic OH excluding ortho intramolecular Hbond substituents is 1. The number of fused-ring (bicyclic) bond motifs is 1. The lowest BCUT2D eigenvalue weighted by Gasteiger charge is -2.39. The van der Waals surface area contributed by atoms with Gasteiger partial charge in [0.1, 0.15) is 6.17 Å². The highest BCUT2D eigenvalue weighted by atomic mass is 79.9. The second kappa shape index (κ2) is 7.40. The molecule has 4 rings (SSSR count). The van der Waals surface area contributed by atoms with Crippen molar-refractivity contribution >= 4 is 27.5 Å². The number of anilines is 1. The molecular formula is C20H21BrN2O4. The predicted molar refractivity (Wildman–Crippen MR) is 105 cm³/mol. The quantitative estimate of drug-likeness (QED) is 0.765. The molecule has 2 unspecified atom stereocenters. The van der Waals surface area contributed by atoms with Gasteiger partial charge in [0.05, 0.1) is 18.8 Å². The van der Waals surface area contributed by atoms with Crippen molar-refractivity contribution in [1.29, 1.82) is 0 Å². The maximum absolute atomic E-state index is 13.2. The fourth-order valence-corrected chi connectivity index (χ4v) is 4.15. The average molecular weight is 433 g/mol. The molecule has 0 bridgehead atoms. The van der Waals surface area contributed by atoms with Gasteiger partial charge in [-0.15, -0.1) is 0 Å². The third-order valence-electron chi connectivity index (χ3n) is 5.03. The van der Waals surface area contributed by atoms with Gasteiger partial charge in [-0.1, -0.05) is 28.1 Å². The van der Waals surface area contributed by atoms with Crippen molar-refractivity contribution in [2.75, 3.05) is 25.6 Å². The molecule has 27 heavy (non-hydrogen) atoms. The Bertz CT molecular complexity index is 867. The summed E-state index contributed by atoms with van der Waals surface area (Å²) in [5, 5.41) is 14.1. The van der Waals surface area contributed by atoms with Gasteiger partial charge in [0.15, 0.2) is 11.5 Å². The Labute approximate surface area is 166 Å². The molecule has 2 aromatic carbocycles. The first-order valence-electron chi connectivity index (χ1n) is 8.93. The third-order valence-corrected chi connectivity index (χ3v) is 5.49. The van der Waals surface area contributed by atoms with E-state index in [4.69, 9.17) is 9.47 Å². The Morgan fingerprint density at radius 3 is 2.93 bits per heavy atom. The van der Waals surface area contributed by atoms with Gasteiger partial charge >= 0.3 is 0 Å². The molecule has 6 nitrogen and oxygen atoms in total. The second-order valence-electron chi connectivity index (χ2n) is 6.73. The first-order valence-corrected chi connectivity index (χ1v) is 9.72. The van der Waals surface area contributed by atoms with Crippen molar-refractivity contribution < 1.29 is 19.4 Å². The molecule has 7 heteroatoms. The second-order valence-corrected chi connectivity index (χ2v) is 7.65. The number of benzene rings is 2. The van der Waals surface area contributed by atoms with E-state index in [1.165, 1.54) is 7.11 Å². The predicted octanol–water partition coefficient (Wildman–Crippen LogP) is 3.91. The number of hydrogen-bond acceptors (Lipinski definition) is 5. The molecule has 2 heterocycles. The summed E-state index contributed by atoms with van der Waals surface area (Å²) in [5.74, 6) is 0.287. The summed E-state index contributed by atoms with van der Waals surface area (Å²) >= 11 is 3.46. The molecule has 0 saturated carbocycles. The summed E-state index contributed by atoms with van der Waals surface area (Å²) in [6.07, 6.45) is 1.39. The van der Waals surface area contributed by atoms with Crippen LogP contribution in [0.1, 0.15) is 34.9 Å². The number of aromatic hydroxyl groups is 1. The van der Waals surface area contributed by atoms with E-state index in [2.05, 4.69) is 21.2 Å². The maximum atomic E-state index is 13.2. The summed E-state index contributed by atoms with van der Waals surface area (Å²) in [6, 6.07) is 10.9. The molecular weight excluding hydrogens is 412 g/mol. The summed E-state index contributed by atoms with van der Waals surface area (Å²) in [7, 11) is 1.50. The van der Waals surface area contributed by atoms with E-state index in [1.807, 2.05) is 24.3 Å². The standard InChI is InChI=1S/C20H21BrN2O4/c1-26-17-10-12(21)9-15(18(17)24)19-22-16-7-3-2-6-14(16)20(25)23(19)11-13-5-4-8-27-13/h2-3,6-7,9-10,13,19,22,24H,4-5,8,11H2,1H3. The Hall–Kier alpha value is -2.25. The molecule has 2 aliphatic heterocycles. The van der Waals surface area contributed by atoms with E-state index < -0.39 is 6.17 Å². The number of phenols is 1.